The number of amides is 1. The van der Waals surface area contributed by atoms with Crippen molar-refractivity contribution >= 4 is 23.7 Å². The lowest BCUT2D eigenvalue weighted by atomic mass is 10.2. The van der Waals surface area contributed by atoms with Crippen LogP contribution in [0.3, 0.4) is 0 Å². The Morgan fingerprint density at radius 3 is 2.78 bits per heavy atom. The lowest BCUT2D eigenvalue weighted by Crippen LogP contribution is -2.24. The Hall–Kier alpha value is -2.53. The highest BCUT2D eigenvalue weighted by Gasteiger charge is 2.05. The van der Waals surface area contributed by atoms with E-state index in [9.17, 15) is 4.79 Å². The second kappa shape index (κ2) is 8.19. The quantitative estimate of drug-likeness (QED) is 0.653. The third-order valence-corrected chi connectivity index (χ3v) is 3.26. The van der Waals surface area contributed by atoms with Gasteiger partial charge in [0.1, 0.15) is 11.5 Å². The van der Waals surface area contributed by atoms with Crippen molar-refractivity contribution in [2.45, 2.75) is 6.92 Å². The normalized spacial score (nSPS) is 10.6. The van der Waals surface area contributed by atoms with Gasteiger partial charge >= 0.3 is 0 Å². The predicted octanol–water partition coefficient (Wildman–Crippen LogP) is 3.19. The molecule has 0 aliphatic carbocycles. The van der Waals surface area contributed by atoms with Crippen LogP contribution in [-0.4, -0.2) is 25.8 Å². The van der Waals surface area contributed by atoms with Crippen LogP contribution in [0, 0.1) is 6.92 Å². The van der Waals surface area contributed by atoms with Crippen molar-refractivity contribution in [1.82, 2.24) is 5.43 Å². The number of halogens is 1. The monoisotopic (exact) mass is 332 g/mol. The zero-order valence-corrected chi connectivity index (χ0v) is 13.6. The Labute approximate surface area is 139 Å². The molecule has 1 amide bonds. The fraction of sp³-hybridized carbons (Fsp3) is 0.176. The summed E-state index contributed by atoms with van der Waals surface area (Å²) in [5.41, 5.74) is 4.04. The molecule has 0 bridgehead atoms. The molecule has 0 spiro atoms. The average molecular weight is 333 g/mol. The molecular formula is C17H17ClN2O3. The fourth-order valence-electron chi connectivity index (χ4n) is 1.90. The van der Waals surface area contributed by atoms with Crippen LogP contribution in [0.1, 0.15) is 11.1 Å². The van der Waals surface area contributed by atoms with Gasteiger partial charge in [0.15, 0.2) is 6.61 Å². The molecule has 0 aliphatic rings. The minimum Gasteiger partial charge on any atom is -0.496 e. The Bertz CT molecular complexity index is 717. The smallest absolute Gasteiger partial charge is 0.277 e. The van der Waals surface area contributed by atoms with E-state index >= 15 is 0 Å². The zero-order valence-electron chi connectivity index (χ0n) is 12.9. The largest absolute Gasteiger partial charge is 0.496 e. The van der Waals surface area contributed by atoms with Crippen LogP contribution < -0.4 is 14.9 Å². The van der Waals surface area contributed by atoms with E-state index in [0.717, 1.165) is 11.1 Å². The molecule has 0 saturated heterocycles. The number of carbonyl (C=O) groups is 1. The molecule has 0 aliphatic heterocycles. The molecule has 6 heteroatoms. The van der Waals surface area contributed by atoms with Gasteiger partial charge in [0.25, 0.3) is 5.91 Å². The summed E-state index contributed by atoms with van der Waals surface area (Å²) in [7, 11) is 1.58. The summed E-state index contributed by atoms with van der Waals surface area (Å²) in [6.07, 6.45) is 1.52. The lowest BCUT2D eigenvalue weighted by molar-refractivity contribution is -0.123. The molecule has 0 fully saturated rings. The maximum Gasteiger partial charge on any atom is 0.277 e. The highest BCUT2D eigenvalue weighted by molar-refractivity contribution is 6.30. The third kappa shape index (κ3) is 5.00. The van der Waals surface area contributed by atoms with E-state index in [0.29, 0.717) is 16.5 Å². The topological polar surface area (TPSA) is 59.9 Å². The van der Waals surface area contributed by atoms with Gasteiger partial charge in [0.05, 0.1) is 13.3 Å². The van der Waals surface area contributed by atoms with Crippen molar-refractivity contribution in [3.05, 3.63) is 58.6 Å². The SMILES string of the molecule is COc1ccccc1C=NNC(=O)COc1ccc(Cl)cc1C. The first kappa shape index (κ1) is 16.8. The first-order valence-corrected chi connectivity index (χ1v) is 7.32. The van der Waals surface area contributed by atoms with Gasteiger partial charge in [-0.05, 0) is 42.8 Å². The highest BCUT2D eigenvalue weighted by atomic mass is 35.5. The first-order chi connectivity index (χ1) is 11.1. The number of rotatable bonds is 6. The second-order valence-electron chi connectivity index (χ2n) is 4.73. The van der Waals surface area contributed by atoms with Crippen LogP contribution in [0.5, 0.6) is 11.5 Å². The van der Waals surface area contributed by atoms with Gasteiger partial charge in [-0.1, -0.05) is 23.7 Å². The van der Waals surface area contributed by atoms with Gasteiger partial charge < -0.3 is 9.47 Å². The fourth-order valence-corrected chi connectivity index (χ4v) is 2.12. The molecule has 0 atom stereocenters. The zero-order chi connectivity index (χ0) is 16.7. The molecular weight excluding hydrogens is 316 g/mol. The third-order valence-electron chi connectivity index (χ3n) is 3.03. The molecule has 2 rings (SSSR count). The van der Waals surface area contributed by atoms with Crippen molar-refractivity contribution in [3.63, 3.8) is 0 Å². The van der Waals surface area contributed by atoms with Crippen LogP contribution in [0.2, 0.25) is 5.02 Å². The molecule has 2 aromatic carbocycles. The summed E-state index contributed by atoms with van der Waals surface area (Å²) in [6.45, 7) is 1.73. The van der Waals surface area contributed by atoms with Crippen LogP contribution in [0.4, 0.5) is 0 Å². The van der Waals surface area contributed by atoms with Gasteiger partial charge in [-0.25, -0.2) is 5.43 Å². The minimum atomic E-state index is -0.356. The molecule has 23 heavy (non-hydrogen) atoms. The Morgan fingerprint density at radius 2 is 2.04 bits per heavy atom. The number of hydrogen-bond donors (Lipinski definition) is 1. The number of aryl methyl sites for hydroxylation is 1. The number of methoxy groups -OCH3 is 1. The van der Waals surface area contributed by atoms with Crippen molar-refractivity contribution in [2.24, 2.45) is 5.10 Å². The molecule has 5 nitrogen and oxygen atoms in total. The Kier molecular flexibility index (Phi) is 6.00. The number of hydrogen-bond acceptors (Lipinski definition) is 4. The van der Waals surface area contributed by atoms with Crippen molar-refractivity contribution in [1.29, 1.82) is 0 Å². The minimum absolute atomic E-state index is 0.133. The molecule has 0 saturated carbocycles. The van der Waals surface area contributed by atoms with E-state index in [1.54, 1.807) is 25.3 Å². The highest BCUT2D eigenvalue weighted by Crippen LogP contribution is 2.21. The van der Waals surface area contributed by atoms with Gasteiger partial charge in [0, 0.05) is 10.6 Å². The summed E-state index contributed by atoms with van der Waals surface area (Å²) in [5.74, 6) is 0.933. The van der Waals surface area contributed by atoms with E-state index in [2.05, 4.69) is 10.5 Å². The predicted molar refractivity (Wildman–Crippen MR) is 90.4 cm³/mol. The summed E-state index contributed by atoms with van der Waals surface area (Å²) in [5, 5.41) is 4.52. The van der Waals surface area contributed by atoms with E-state index in [4.69, 9.17) is 21.1 Å². The molecule has 0 heterocycles. The second-order valence-corrected chi connectivity index (χ2v) is 5.17. The van der Waals surface area contributed by atoms with Gasteiger partial charge in [-0.2, -0.15) is 5.10 Å². The number of nitrogens with zero attached hydrogens (tertiary/aromatic N) is 1. The van der Waals surface area contributed by atoms with Crippen molar-refractivity contribution in [3.8, 4) is 11.5 Å². The van der Waals surface area contributed by atoms with Gasteiger partial charge in [-0.3, -0.25) is 4.79 Å². The summed E-state index contributed by atoms with van der Waals surface area (Å²) >= 11 is 5.87. The van der Waals surface area contributed by atoms with E-state index in [1.807, 2.05) is 31.2 Å². The number of benzene rings is 2. The molecule has 1 N–H and O–H groups in total. The standard InChI is InChI=1S/C17H17ClN2O3/c1-12-9-14(18)7-8-15(12)23-11-17(21)20-19-10-13-5-3-4-6-16(13)22-2/h3-10H,11H2,1-2H3,(H,20,21). The molecule has 2 aromatic rings. The number of ether oxygens (including phenoxy) is 2. The van der Waals surface area contributed by atoms with Gasteiger partial charge in [0.2, 0.25) is 0 Å². The molecule has 0 radical (unpaired) electrons. The average Bonchev–Trinajstić information content (AvgIpc) is 2.54. The Morgan fingerprint density at radius 1 is 1.26 bits per heavy atom. The summed E-state index contributed by atoms with van der Waals surface area (Å²) in [4.78, 5) is 11.7. The maximum atomic E-state index is 11.7. The van der Waals surface area contributed by atoms with Gasteiger partial charge in [-0.15, -0.1) is 0 Å². The van der Waals surface area contributed by atoms with Crippen LogP contribution in [0.15, 0.2) is 47.6 Å². The van der Waals surface area contributed by atoms with Crippen LogP contribution >= 0.6 is 11.6 Å². The summed E-state index contributed by atoms with van der Waals surface area (Å²) in [6, 6.07) is 12.6. The molecule has 0 aromatic heterocycles. The number of para-hydroxylation sites is 1. The first-order valence-electron chi connectivity index (χ1n) is 6.94. The summed E-state index contributed by atoms with van der Waals surface area (Å²) < 4.78 is 10.6. The lowest BCUT2D eigenvalue weighted by Gasteiger charge is -2.08. The number of nitrogens with one attached hydrogen (secondary N) is 1. The van der Waals surface area contributed by atoms with Crippen molar-refractivity contribution < 1.29 is 14.3 Å². The number of hydrazone groups is 1. The Balaban J connectivity index is 1.86. The van der Waals surface area contributed by atoms with Crippen LogP contribution in [-0.2, 0) is 4.79 Å². The molecule has 120 valence electrons. The van der Waals surface area contributed by atoms with E-state index < -0.39 is 0 Å². The number of carbonyl (C=O) groups excluding carboxylic acids is 1. The maximum absolute atomic E-state index is 11.7. The van der Waals surface area contributed by atoms with Crippen molar-refractivity contribution in [2.75, 3.05) is 13.7 Å². The van der Waals surface area contributed by atoms with E-state index in [1.165, 1.54) is 6.21 Å². The van der Waals surface area contributed by atoms with E-state index in [-0.39, 0.29) is 12.5 Å². The molecule has 0 unspecified atom stereocenters. The van der Waals surface area contributed by atoms with Crippen LogP contribution in [0.25, 0.3) is 0 Å².